The lowest BCUT2D eigenvalue weighted by Crippen LogP contribution is -2.53. The summed E-state index contributed by atoms with van der Waals surface area (Å²) in [4.78, 5) is 30.3. The van der Waals surface area contributed by atoms with E-state index < -0.39 is 6.04 Å². The maximum Gasteiger partial charge on any atom is 0.290 e. The van der Waals surface area contributed by atoms with E-state index in [0.29, 0.717) is 19.5 Å². The molecule has 2 heterocycles. The molecule has 1 aliphatic heterocycles. The van der Waals surface area contributed by atoms with Gasteiger partial charge in [-0.2, -0.15) is 0 Å². The van der Waals surface area contributed by atoms with Gasteiger partial charge in [0, 0.05) is 19.5 Å². The van der Waals surface area contributed by atoms with Crippen LogP contribution in [0.15, 0.2) is 71.3 Å². The van der Waals surface area contributed by atoms with Crippen LogP contribution in [-0.2, 0) is 24.2 Å². The van der Waals surface area contributed by atoms with Gasteiger partial charge in [-0.3, -0.25) is 9.59 Å². The number of hydrogen-bond donors (Lipinski definition) is 1. The van der Waals surface area contributed by atoms with Crippen LogP contribution in [0, 0.1) is 0 Å². The quantitative estimate of drug-likeness (QED) is 0.600. The van der Waals surface area contributed by atoms with Gasteiger partial charge in [-0.25, -0.2) is 0 Å². The van der Waals surface area contributed by atoms with Gasteiger partial charge in [0.2, 0.25) is 5.91 Å². The third-order valence-corrected chi connectivity index (χ3v) is 6.41. The number of likely N-dealkylation sites (N-methyl/N-ethyl adjacent to an activating group) is 1. The third-order valence-electron chi connectivity index (χ3n) is 6.41. The van der Waals surface area contributed by atoms with E-state index >= 15 is 0 Å². The average Bonchev–Trinajstić information content (AvgIpc) is 3.38. The summed E-state index contributed by atoms with van der Waals surface area (Å²) >= 11 is 0. The molecular weight excluding hydrogens is 414 g/mol. The number of furan rings is 1. The highest BCUT2D eigenvalue weighted by Gasteiger charge is 2.36. The Morgan fingerprint density at radius 1 is 1.06 bits per heavy atom. The molecule has 33 heavy (non-hydrogen) atoms. The summed E-state index contributed by atoms with van der Waals surface area (Å²) in [6.45, 7) is 2.97. The van der Waals surface area contributed by atoms with Gasteiger partial charge in [-0.05, 0) is 54.9 Å². The molecule has 2 atom stereocenters. The molecule has 4 rings (SSSR count). The van der Waals surface area contributed by atoms with Crippen LogP contribution in [0.25, 0.3) is 0 Å². The number of benzene rings is 2. The van der Waals surface area contributed by atoms with Crippen molar-refractivity contribution in [3.8, 4) is 0 Å². The van der Waals surface area contributed by atoms with Crippen molar-refractivity contribution in [2.24, 2.45) is 0 Å². The van der Waals surface area contributed by atoms with Crippen molar-refractivity contribution in [2.75, 3.05) is 20.6 Å². The molecule has 6 nitrogen and oxygen atoms in total. The lowest BCUT2D eigenvalue weighted by atomic mass is 9.93. The van der Waals surface area contributed by atoms with Crippen LogP contribution in [0.4, 0.5) is 0 Å². The molecule has 0 spiro atoms. The highest BCUT2D eigenvalue weighted by atomic mass is 16.3. The highest BCUT2D eigenvalue weighted by molar-refractivity contribution is 5.96. The molecule has 0 unspecified atom stereocenters. The van der Waals surface area contributed by atoms with E-state index in [4.69, 9.17) is 4.42 Å². The standard InChI is InChI=1S/C27H31N3O3/c1-4-19-11-13-20(14-12-19)24(29(2)3)17-28-26(31)23-16-21-8-5-6-9-22(21)18-30(23)27(32)25-10-7-15-33-25/h5-15,23-24H,4,16-18H2,1-3H3,(H,28,31)/t23-,24-/m0/s1. The topological polar surface area (TPSA) is 65.8 Å². The maximum atomic E-state index is 13.4. The van der Waals surface area contributed by atoms with E-state index in [9.17, 15) is 9.59 Å². The summed E-state index contributed by atoms with van der Waals surface area (Å²) in [5.41, 5.74) is 4.59. The van der Waals surface area contributed by atoms with Crippen molar-refractivity contribution in [3.63, 3.8) is 0 Å². The van der Waals surface area contributed by atoms with Gasteiger partial charge in [0.05, 0.1) is 12.3 Å². The van der Waals surface area contributed by atoms with Gasteiger partial charge >= 0.3 is 0 Å². The molecule has 0 saturated carbocycles. The Kier molecular flexibility index (Phi) is 6.94. The van der Waals surface area contributed by atoms with E-state index in [1.54, 1.807) is 17.0 Å². The molecule has 172 valence electrons. The molecule has 0 aliphatic carbocycles. The highest BCUT2D eigenvalue weighted by Crippen LogP contribution is 2.26. The number of nitrogens with zero attached hydrogens (tertiary/aromatic N) is 2. The number of aryl methyl sites for hydroxylation is 1. The van der Waals surface area contributed by atoms with Crippen LogP contribution >= 0.6 is 0 Å². The first kappa shape index (κ1) is 22.8. The number of amides is 2. The summed E-state index contributed by atoms with van der Waals surface area (Å²) in [7, 11) is 4.02. The molecule has 0 saturated heterocycles. The summed E-state index contributed by atoms with van der Waals surface area (Å²) < 4.78 is 5.34. The number of carbonyl (C=O) groups excluding carboxylic acids is 2. The summed E-state index contributed by atoms with van der Waals surface area (Å²) in [5, 5.41) is 3.12. The smallest absolute Gasteiger partial charge is 0.290 e. The molecule has 0 fully saturated rings. The van der Waals surface area contributed by atoms with Crippen LogP contribution in [0.5, 0.6) is 0 Å². The van der Waals surface area contributed by atoms with E-state index in [1.807, 2.05) is 38.4 Å². The maximum absolute atomic E-state index is 13.4. The lowest BCUT2D eigenvalue weighted by molar-refractivity contribution is -0.126. The Morgan fingerprint density at radius 3 is 2.42 bits per heavy atom. The first-order valence-electron chi connectivity index (χ1n) is 11.4. The molecule has 0 radical (unpaired) electrons. The molecule has 3 aromatic rings. The van der Waals surface area contributed by atoms with Crippen molar-refractivity contribution in [1.82, 2.24) is 15.1 Å². The minimum absolute atomic E-state index is 0.0324. The van der Waals surface area contributed by atoms with Crippen LogP contribution < -0.4 is 5.32 Å². The second kappa shape index (κ2) is 10.0. The average molecular weight is 446 g/mol. The van der Waals surface area contributed by atoms with Crippen LogP contribution in [0.1, 0.15) is 45.8 Å². The van der Waals surface area contributed by atoms with Crippen LogP contribution in [-0.4, -0.2) is 48.3 Å². The summed E-state index contributed by atoms with van der Waals surface area (Å²) in [6, 6.07) is 19.2. The molecule has 1 N–H and O–H groups in total. The number of fused-ring (bicyclic) bond motifs is 1. The van der Waals surface area contributed by atoms with Gasteiger partial charge in [0.1, 0.15) is 6.04 Å². The van der Waals surface area contributed by atoms with Crippen LogP contribution in [0.2, 0.25) is 0 Å². The molecule has 1 aliphatic rings. The molecule has 2 amide bonds. The molecule has 6 heteroatoms. The van der Waals surface area contributed by atoms with Crippen molar-refractivity contribution in [1.29, 1.82) is 0 Å². The summed E-state index contributed by atoms with van der Waals surface area (Å²) in [5.74, 6) is -0.176. The fraction of sp³-hybridized carbons (Fsp3) is 0.333. The minimum Gasteiger partial charge on any atom is -0.459 e. The van der Waals surface area contributed by atoms with Gasteiger partial charge in [0.15, 0.2) is 5.76 Å². The summed E-state index contributed by atoms with van der Waals surface area (Å²) in [6.07, 6.45) is 2.95. The van der Waals surface area contributed by atoms with Gasteiger partial charge in [-0.1, -0.05) is 55.5 Å². The van der Waals surface area contributed by atoms with E-state index in [-0.39, 0.29) is 23.6 Å². The van der Waals surface area contributed by atoms with Crippen molar-refractivity contribution in [3.05, 3.63) is 94.9 Å². The largest absolute Gasteiger partial charge is 0.459 e. The van der Waals surface area contributed by atoms with Crippen molar-refractivity contribution < 1.29 is 14.0 Å². The normalized spacial score (nSPS) is 16.4. The Morgan fingerprint density at radius 2 is 1.79 bits per heavy atom. The monoisotopic (exact) mass is 445 g/mol. The second-order valence-electron chi connectivity index (χ2n) is 8.72. The zero-order chi connectivity index (χ0) is 23.4. The number of rotatable bonds is 7. The Balaban J connectivity index is 1.53. The van der Waals surface area contributed by atoms with E-state index in [1.165, 1.54) is 11.8 Å². The molecular formula is C27H31N3O3. The van der Waals surface area contributed by atoms with Gasteiger partial charge in [-0.15, -0.1) is 0 Å². The van der Waals surface area contributed by atoms with Gasteiger partial charge in [0.25, 0.3) is 5.91 Å². The van der Waals surface area contributed by atoms with Crippen molar-refractivity contribution >= 4 is 11.8 Å². The zero-order valence-electron chi connectivity index (χ0n) is 19.5. The Labute approximate surface area is 195 Å². The molecule has 2 aromatic carbocycles. The van der Waals surface area contributed by atoms with E-state index in [2.05, 4.69) is 41.4 Å². The lowest BCUT2D eigenvalue weighted by Gasteiger charge is -2.36. The number of hydrogen-bond acceptors (Lipinski definition) is 4. The first-order valence-corrected chi connectivity index (χ1v) is 11.4. The Bertz CT molecular complexity index is 1090. The molecule has 1 aromatic heterocycles. The fourth-order valence-corrected chi connectivity index (χ4v) is 4.40. The predicted molar refractivity (Wildman–Crippen MR) is 128 cm³/mol. The van der Waals surface area contributed by atoms with Gasteiger partial charge < -0.3 is 19.5 Å². The number of nitrogens with one attached hydrogen (secondary N) is 1. The minimum atomic E-state index is -0.595. The molecule has 0 bridgehead atoms. The first-order chi connectivity index (χ1) is 16.0. The predicted octanol–water partition coefficient (Wildman–Crippen LogP) is 3.83. The second-order valence-corrected chi connectivity index (χ2v) is 8.72. The van der Waals surface area contributed by atoms with Crippen molar-refractivity contribution in [2.45, 2.75) is 38.4 Å². The van der Waals surface area contributed by atoms with Crippen LogP contribution in [0.3, 0.4) is 0 Å². The fourth-order valence-electron chi connectivity index (χ4n) is 4.40. The SMILES string of the molecule is CCc1ccc([C@H](CNC(=O)[C@@H]2Cc3ccccc3CN2C(=O)c2ccco2)N(C)C)cc1. The van der Waals surface area contributed by atoms with E-state index in [0.717, 1.165) is 23.1 Å². The zero-order valence-corrected chi connectivity index (χ0v) is 19.5. The number of carbonyl (C=O) groups is 2. The third kappa shape index (κ3) is 5.01. The Hall–Kier alpha value is -3.38.